The minimum Gasteiger partial charge on any atom is -0.380 e. The Morgan fingerprint density at radius 3 is 2.47 bits per heavy atom. The fourth-order valence-electron chi connectivity index (χ4n) is 1.90. The van der Waals surface area contributed by atoms with Crippen molar-refractivity contribution < 1.29 is 4.39 Å². The van der Waals surface area contributed by atoms with Crippen LogP contribution in [0, 0.1) is 12.7 Å². The lowest BCUT2D eigenvalue weighted by molar-refractivity contribution is 0.604. The summed E-state index contributed by atoms with van der Waals surface area (Å²) >= 11 is 1.81. The van der Waals surface area contributed by atoms with Crippen LogP contribution in [0.3, 0.4) is 0 Å². The van der Waals surface area contributed by atoms with Gasteiger partial charge in [-0.05, 0) is 48.2 Å². The summed E-state index contributed by atoms with van der Waals surface area (Å²) in [5.41, 5.74) is 1.96. The highest BCUT2D eigenvalue weighted by Crippen LogP contribution is 2.29. The molecule has 2 aromatic rings. The van der Waals surface area contributed by atoms with Crippen molar-refractivity contribution in [2.24, 2.45) is 0 Å². The molecule has 0 saturated heterocycles. The first-order chi connectivity index (χ1) is 8.84. The number of halogens is 1. The number of aryl methyl sites for hydroxylation is 1. The second-order valence-corrected chi connectivity index (χ2v) is 7.06. The van der Waals surface area contributed by atoms with Gasteiger partial charge in [0.25, 0.3) is 0 Å². The smallest absolute Gasteiger partial charge is 0.125 e. The van der Waals surface area contributed by atoms with E-state index in [1.54, 1.807) is 0 Å². The molecule has 0 fully saturated rings. The van der Waals surface area contributed by atoms with E-state index in [0.29, 0.717) is 0 Å². The Kier molecular flexibility index (Phi) is 3.95. The highest BCUT2D eigenvalue weighted by Gasteiger charge is 2.15. The van der Waals surface area contributed by atoms with Crippen molar-refractivity contribution in [2.75, 3.05) is 5.32 Å². The lowest BCUT2D eigenvalue weighted by Crippen LogP contribution is -2.07. The Hall–Kier alpha value is -1.35. The quantitative estimate of drug-likeness (QED) is 0.822. The Morgan fingerprint density at radius 2 is 1.89 bits per heavy atom. The maximum Gasteiger partial charge on any atom is 0.125 e. The fraction of sp³-hybridized carbons (Fsp3) is 0.375. The zero-order chi connectivity index (χ0) is 14.0. The molecular weight excluding hydrogens is 257 g/mol. The molecule has 2 rings (SSSR count). The van der Waals surface area contributed by atoms with Crippen molar-refractivity contribution in [3.05, 3.63) is 51.5 Å². The Balaban J connectivity index is 2.04. The molecule has 102 valence electrons. The van der Waals surface area contributed by atoms with Crippen LogP contribution in [-0.2, 0) is 12.0 Å². The lowest BCUT2D eigenvalue weighted by atomic mass is 9.95. The molecule has 1 heterocycles. The highest BCUT2D eigenvalue weighted by molar-refractivity contribution is 7.12. The molecule has 1 aromatic heterocycles. The van der Waals surface area contributed by atoms with Crippen LogP contribution in [0.5, 0.6) is 0 Å². The number of hydrogen-bond donors (Lipinski definition) is 1. The first-order valence-electron chi connectivity index (χ1n) is 6.45. The number of nitrogens with one attached hydrogen (secondary N) is 1. The zero-order valence-electron chi connectivity index (χ0n) is 11.9. The number of rotatable bonds is 3. The molecule has 0 spiro atoms. The second kappa shape index (κ2) is 5.33. The molecule has 0 atom stereocenters. The van der Waals surface area contributed by atoms with Gasteiger partial charge in [0.1, 0.15) is 5.82 Å². The van der Waals surface area contributed by atoms with E-state index < -0.39 is 0 Å². The third-order valence-electron chi connectivity index (χ3n) is 2.91. The van der Waals surface area contributed by atoms with Crippen LogP contribution in [0.25, 0.3) is 0 Å². The number of hydrogen-bond acceptors (Lipinski definition) is 2. The first kappa shape index (κ1) is 14.1. The molecule has 3 heteroatoms. The van der Waals surface area contributed by atoms with E-state index in [1.807, 2.05) is 24.3 Å². The molecule has 0 aliphatic rings. The van der Waals surface area contributed by atoms with Gasteiger partial charge in [0.15, 0.2) is 0 Å². The van der Waals surface area contributed by atoms with Crippen molar-refractivity contribution in [3.63, 3.8) is 0 Å². The minimum atomic E-state index is -0.191. The number of anilines is 1. The van der Waals surface area contributed by atoms with Crippen LogP contribution >= 0.6 is 11.3 Å². The highest BCUT2D eigenvalue weighted by atomic mass is 32.1. The maximum absolute atomic E-state index is 13.3. The summed E-state index contributed by atoms with van der Waals surface area (Å²) < 4.78 is 13.3. The van der Waals surface area contributed by atoms with Crippen LogP contribution in [0.4, 0.5) is 10.1 Å². The van der Waals surface area contributed by atoms with Gasteiger partial charge in [-0.15, -0.1) is 11.3 Å². The summed E-state index contributed by atoms with van der Waals surface area (Å²) in [5.74, 6) is -0.191. The third kappa shape index (κ3) is 3.80. The Bertz CT molecular complexity index is 546. The van der Waals surface area contributed by atoms with Gasteiger partial charge in [0, 0.05) is 22.0 Å². The topological polar surface area (TPSA) is 12.0 Å². The van der Waals surface area contributed by atoms with Gasteiger partial charge in [-0.1, -0.05) is 20.8 Å². The van der Waals surface area contributed by atoms with E-state index >= 15 is 0 Å². The zero-order valence-corrected chi connectivity index (χ0v) is 12.7. The number of benzene rings is 1. The maximum atomic E-state index is 13.3. The number of thiophene rings is 1. The summed E-state index contributed by atoms with van der Waals surface area (Å²) in [6.07, 6.45) is 0. The van der Waals surface area contributed by atoms with Crippen LogP contribution in [0.15, 0.2) is 30.3 Å². The lowest BCUT2D eigenvalue weighted by Gasteiger charge is -2.15. The van der Waals surface area contributed by atoms with Gasteiger partial charge in [0.2, 0.25) is 0 Å². The average Bonchev–Trinajstić information content (AvgIpc) is 2.73. The van der Waals surface area contributed by atoms with Gasteiger partial charge in [-0.3, -0.25) is 0 Å². The minimum absolute atomic E-state index is 0.191. The molecule has 0 radical (unpaired) electrons. The predicted molar refractivity (Wildman–Crippen MR) is 81.5 cm³/mol. The van der Waals surface area contributed by atoms with E-state index in [0.717, 1.165) is 17.8 Å². The van der Waals surface area contributed by atoms with E-state index in [9.17, 15) is 4.39 Å². The van der Waals surface area contributed by atoms with Crippen LogP contribution in [-0.4, -0.2) is 0 Å². The fourth-order valence-corrected chi connectivity index (χ4v) is 2.91. The largest absolute Gasteiger partial charge is 0.380 e. The van der Waals surface area contributed by atoms with Crippen molar-refractivity contribution >= 4 is 17.0 Å². The average molecular weight is 277 g/mol. The molecule has 0 saturated carbocycles. The van der Waals surface area contributed by atoms with Crippen LogP contribution in [0.2, 0.25) is 0 Å². The van der Waals surface area contributed by atoms with Crippen molar-refractivity contribution in [1.29, 1.82) is 0 Å². The van der Waals surface area contributed by atoms with Crippen molar-refractivity contribution in [1.82, 2.24) is 0 Å². The van der Waals surface area contributed by atoms with Gasteiger partial charge in [-0.2, -0.15) is 0 Å². The second-order valence-electron chi connectivity index (χ2n) is 5.89. The molecule has 0 aliphatic heterocycles. The molecule has 0 bridgehead atoms. The van der Waals surface area contributed by atoms with Gasteiger partial charge >= 0.3 is 0 Å². The molecular formula is C16H20FNS. The Morgan fingerprint density at radius 1 is 1.16 bits per heavy atom. The standard InChI is InChI=1S/C16H20FNS/c1-11-7-12(17)9-13(8-11)18-10-14-5-6-15(19-14)16(2,3)4/h5-9,18H,10H2,1-4H3. The monoisotopic (exact) mass is 277 g/mol. The summed E-state index contributed by atoms with van der Waals surface area (Å²) in [6.45, 7) is 9.28. The molecule has 0 amide bonds. The molecule has 1 nitrogen and oxygen atoms in total. The van der Waals surface area contributed by atoms with Crippen molar-refractivity contribution in [2.45, 2.75) is 39.7 Å². The van der Waals surface area contributed by atoms with E-state index in [4.69, 9.17) is 0 Å². The molecule has 1 N–H and O–H groups in total. The van der Waals surface area contributed by atoms with Crippen molar-refractivity contribution in [3.8, 4) is 0 Å². The van der Waals surface area contributed by atoms with E-state index in [-0.39, 0.29) is 11.2 Å². The SMILES string of the molecule is Cc1cc(F)cc(NCc2ccc(C(C)(C)C)s2)c1. The van der Waals surface area contributed by atoms with Crippen LogP contribution in [0.1, 0.15) is 36.1 Å². The molecule has 0 unspecified atom stereocenters. The Labute approximate surface area is 118 Å². The summed E-state index contributed by atoms with van der Waals surface area (Å²) in [7, 11) is 0. The molecule has 19 heavy (non-hydrogen) atoms. The predicted octanol–water partition coefficient (Wildman–Crippen LogP) is 5.11. The van der Waals surface area contributed by atoms with Crippen LogP contribution < -0.4 is 5.32 Å². The summed E-state index contributed by atoms with van der Waals surface area (Å²) in [6, 6.07) is 9.35. The van der Waals surface area contributed by atoms with Gasteiger partial charge < -0.3 is 5.32 Å². The normalized spacial score (nSPS) is 11.6. The van der Waals surface area contributed by atoms with E-state index in [2.05, 4.69) is 38.2 Å². The third-order valence-corrected chi connectivity index (χ3v) is 4.42. The summed E-state index contributed by atoms with van der Waals surface area (Å²) in [5, 5.41) is 3.28. The van der Waals surface area contributed by atoms with Gasteiger partial charge in [0.05, 0.1) is 0 Å². The summed E-state index contributed by atoms with van der Waals surface area (Å²) in [4.78, 5) is 2.64. The first-order valence-corrected chi connectivity index (χ1v) is 7.26. The van der Waals surface area contributed by atoms with Gasteiger partial charge in [-0.25, -0.2) is 4.39 Å². The molecule has 1 aromatic carbocycles. The molecule has 0 aliphatic carbocycles. The van der Waals surface area contributed by atoms with E-state index in [1.165, 1.54) is 21.9 Å².